The molecule has 0 bridgehead atoms. The number of carbonyl (C=O) groups is 1. The highest BCUT2D eigenvalue weighted by Gasteiger charge is 2.28. The van der Waals surface area contributed by atoms with Gasteiger partial charge in [-0.1, -0.05) is 30.3 Å². The lowest BCUT2D eigenvalue weighted by Crippen LogP contribution is -2.35. The number of nitrogens with zero attached hydrogens (tertiary/aromatic N) is 3. The Morgan fingerprint density at radius 3 is 2.58 bits per heavy atom. The number of fused-ring (bicyclic) bond motifs is 1. The molecule has 0 radical (unpaired) electrons. The molecule has 6 nitrogen and oxygen atoms in total. The Balaban J connectivity index is 1.49. The van der Waals surface area contributed by atoms with Gasteiger partial charge in [0, 0.05) is 17.8 Å². The summed E-state index contributed by atoms with van der Waals surface area (Å²) in [5.74, 6) is -2.91. The summed E-state index contributed by atoms with van der Waals surface area (Å²) in [5.41, 5.74) is 3.63. The molecule has 9 heteroatoms. The minimum atomic E-state index is -1.27. The molecular weight excluding hydrogens is 493 g/mol. The molecule has 0 saturated carbocycles. The number of hydrogen-bond acceptors (Lipinski definition) is 6. The van der Waals surface area contributed by atoms with Crippen LogP contribution in [-0.2, 0) is 17.8 Å². The second-order valence-electron chi connectivity index (χ2n) is 9.07. The number of rotatable bonds is 6. The highest BCUT2D eigenvalue weighted by Crippen LogP contribution is 2.35. The summed E-state index contributed by atoms with van der Waals surface area (Å²) in [6, 6.07) is 17.3. The van der Waals surface area contributed by atoms with Crippen molar-refractivity contribution in [3.63, 3.8) is 0 Å². The predicted molar refractivity (Wildman–Crippen MR) is 138 cm³/mol. The van der Waals surface area contributed by atoms with E-state index >= 15 is 0 Å². The molecule has 1 N–H and O–H groups in total. The first-order chi connectivity index (χ1) is 18.3. The third kappa shape index (κ3) is 5.04. The summed E-state index contributed by atoms with van der Waals surface area (Å²) in [6.07, 6.45) is 0.827. The van der Waals surface area contributed by atoms with Crippen LogP contribution in [-0.4, -0.2) is 22.5 Å². The first-order valence-electron chi connectivity index (χ1n) is 12.2. The number of carbonyl (C=O) groups excluding carboxylic acids is 1. The Morgan fingerprint density at radius 1 is 1.03 bits per heavy atom. The Kier molecular flexibility index (Phi) is 7.00. The fourth-order valence-electron chi connectivity index (χ4n) is 4.62. The molecule has 0 fully saturated rings. The van der Waals surface area contributed by atoms with Gasteiger partial charge in [0.1, 0.15) is 18.2 Å². The van der Waals surface area contributed by atoms with E-state index in [-0.39, 0.29) is 24.4 Å². The largest absolute Gasteiger partial charge is 0.455 e. The number of ether oxygens (including phenoxy) is 1. The number of nitrogens with one attached hydrogen (secondary N) is 1. The highest BCUT2D eigenvalue weighted by molar-refractivity contribution is 5.89. The van der Waals surface area contributed by atoms with E-state index in [1.54, 1.807) is 12.1 Å². The van der Waals surface area contributed by atoms with Gasteiger partial charge in [0.25, 0.3) is 0 Å². The van der Waals surface area contributed by atoms with Crippen LogP contribution >= 0.6 is 0 Å². The van der Waals surface area contributed by atoms with Crippen LogP contribution in [0.15, 0.2) is 66.7 Å². The van der Waals surface area contributed by atoms with Gasteiger partial charge >= 0.3 is 5.97 Å². The van der Waals surface area contributed by atoms with Crippen LogP contribution in [0.1, 0.15) is 45.7 Å². The molecule has 0 aliphatic carbocycles. The third-order valence-electron chi connectivity index (χ3n) is 6.70. The molecule has 1 aromatic heterocycles. The number of esters is 1. The van der Waals surface area contributed by atoms with Gasteiger partial charge in [-0.3, -0.25) is 0 Å². The molecule has 1 aliphatic rings. The van der Waals surface area contributed by atoms with Crippen LogP contribution in [0, 0.1) is 24.4 Å². The maximum atomic E-state index is 14.1. The fraction of sp³-hybridized carbons (Fsp3) is 0.207. The summed E-state index contributed by atoms with van der Waals surface area (Å²) in [5, 5.41) is 3.08. The molecule has 2 heterocycles. The minimum absolute atomic E-state index is 0.0176. The molecule has 38 heavy (non-hydrogen) atoms. The van der Waals surface area contributed by atoms with Gasteiger partial charge in [-0.05, 0) is 67.8 Å². The molecule has 5 rings (SSSR count). The first kappa shape index (κ1) is 25.3. The molecule has 1 aliphatic heterocycles. The van der Waals surface area contributed by atoms with Crippen LogP contribution < -0.4 is 10.2 Å². The molecule has 0 spiro atoms. The Bertz CT molecular complexity index is 1490. The van der Waals surface area contributed by atoms with Crippen LogP contribution in [0.3, 0.4) is 0 Å². The van der Waals surface area contributed by atoms with Crippen LogP contribution in [0.5, 0.6) is 0 Å². The van der Waals surface area contributed by atoms with Gasteiger partial charge in [0.15, 0.2) is 11.6 Å². The maximum Gasteiger partial charge on any atom is 0.341 e. The van der Waals surface area contributed by atoms with Crippen molar-refractivity contribution in [1.29, 1.82) is 0 Å². The molecular formula is C29H25F3N4O2. The molecule has 3 aromatic carbocycles. The van der Waals surface area contributed by atoms with Gasteiger partial charge in [0.05, 0.1) is 17.3 Å². The molecule has 0 saturated heterocycles. The topological polar surface area (TPSA) is 67.3 Å². The maximum absolute atomic E-state index is 14.1. The van der Waals surface area contributed by atoms with Crippen molar-refractivity contribution < 1.29 is 22.7 Å². The molecule has 194 valence electrons. The highest BCUT2D eigenvalue weighted by atomic mass is 19.2. The minimum Gasteiger partial charge on any atom is -0.455 e. The second kappa shape index (κ2) is 10.5. The fourth-order valence-corrected chi connectivity index (χ4v) is 4.62. The number of halogens is 3. The summed E-state index contributed by atoms with van der Waals surface area (Å²) in [4.78, 5) is 24.0. The van der Waals surface area contributed by atoms with Crippen LogP contribution in [0.2, 0.25) is 0 Å². The van der Waals surface area contributed by atoms with Gasteiger partial charge < -0.3 is 15.0 Å². The zero-order valence-corrected chi connectivity index (χ0v) is 20.8. The molecule has 1 unspecified atom stereocenters. The Labute approximate surface area is 218 Å². The van der Waals surface area contributed by atoms with Crippen LogP contribution in [0.4, 0.5) is 30.6 Å². The van der Waals surface area contributed by atoms with Crippen molar-refractivity contribution in [2.24, 2.45) is 0 Å². The van der Waals surface area contributed by atoms with E-state index in [1.165, 1.54) is 29.3 Å². The van der Waals surface area contributed by atoms with Gasteiger partial charge in [-0.15, -0.1) is 0 Å². The average molecular weight is 519 g/mol. The number of anilines is 3. The van der Waals surface area contributed by atoms with Crippen molar-refractivity contribution >= 4 is 23.4 Å². The molecule has 1 atom stereocenters. The monoisotopic (exact) mass is 518 g/mol. The number of aromatic nitrogens is 2. The summed E-state index contributed by atoms with van der Waals surface area (Å²) < 4.78 is 46.5. The van der Waals surface area contributed by atoms with E-state index in [1.807, 2.05) is 19.1 Å². The van der Waals surface area contributed by atoms with E-state index in [0.717, 1.165) is 18.6 Å². The lowest BCUT2D eigenvalue weighted by molar-refractivity contribution is 0.0460. The normalized spacial score (nSPS) is 14.7. The van der Waals surface area contributed by atoms with Gasteiger partial charge in [-0.2, -0.15) is 4.98 Å². The summed E-state index contributed by atoms with van der Waals surface area (Å²) in [7, 11) is 0. The zero-order valence-electron chi connectivity index (χ0n) is 20.8. The first-order valence-corrected chi connectivity index (χ1v) is 12.2. The summed E-state index contributed by atoms with van der Waals surface area (Å²) >= 11 is 0. The quantitative estimate of drug-likeness (QED) is 0.297. The van der Waals surface area contributed by atoms with E-state index in [9.17, 15) is 18.0 Å². The lowest BCUT2D eigenvalue weighted by Gasteiger charge is -2.37. The lowest BCUT2D eigenvalue weighted by atomic mass is 9.93. The average Bonchev–Trinajstić information content (AvgIpc) is 2.92. The second-order valence-corrected chi connectivity index (χ2v) is 9.07. The summed E-state index contributed by atoms with van der Waals surface area (Å²) in [6.45, 7) is 4.35. The number of hydrogen-bond donors (Lipinski definition) is 1. The predicted octanol–water partition coefficient (Wildman–Crippen LogP) is 6.43. The number of benzene rings is 3. The van der Waals surface area contributed by atoms with Gasteiger partial charge in [0.2, 0.25) is 5.95 Å². The Hall–Kier alpha value is -4.40. The van der Waals surface area contributed by atoms with E-state index < -0.39 is 23.2 Å². The standard InChI is InChI=1S/C29H25F3N4O2/c1-17-25(16-38-28(37)23-8-5-9-24(31)26(23)32)34-29(33-21-12-10-20(30)11-13-21)35-27(17)36-15-14-19-6-3-4-7-22(19)18(36)2/h3-13,18H,14-16H2,1-2H3,(H,33,34,35). The van der Waals surface area contributed by atoms with E-state index in [2.05, 4.69) is 34.3 Å². The van der Waals surface area contributed by atoms with Crippen LogP contribution in [0.25, 0.3) is 0 Å². The smallest absolute Gasteiger partial charge is 0.341 e. The molecule has 0 amide bonds. The van der Waals surface area contributed by atoms with Crippen molar-refractivity contribution in [3.05, 3.63) is 112 Å². The van der Waals surface area contributed by atoms with Crippen molar-refractivity contribution in [3.8, 4) is 0 Å². The van der Waals surface area contributed by atoms with Crippen molar-refractivity contribution in [2.45, 2.75) is 32.9 Å². The van der Waals surface area contributed by atoms with Gasteiger partial charge in [-0.25, -0.2) is 22.9 Å². The third-order valence-corrected chi connectivity index (χ3v) is 6.70. The SMILES string of the molecule is Cc1c(COC(=O)c2cccc(F)c2F)nc(Nc2ccc(F)cc2)nc1N1CCc2ccccc2C1C. The van der Waals surface area contributed by atoms with Crippen molar-refractivity contribution in [2.75, 3.05) is 16.8 Å². The van der Waals surface area contributed by atoms with E-state index in [4.69, 9.17) is 9.72 Å². The molecule has 4 aromatic rings. The van der Waals surface area contributed by atoms with E-state index in [0.29, 0.717) is 29.3 Å². The zero-order chi connectivity index (χ0) is 26.8. The Morgan fingerprint density at radius 2 is 1.79 bits per heavy atom. The van der Waals surface area contributed by atoms with Crippen molar-refractivity contribution in [1.82, 2.24) is 9.97 Å².